The summed E-state index contributed by atoms with van der Waals surface area (Å²) in [6.45, 7) is 0. The number of amides is 1. The van der Waals surface area contributed by atoms with Crippen LogP contribution in [0.5, 0.6) is 0 Å². The molecule has 32 valence electrons. The fraction of sp³-hybridized carbons (Fsp3) is 0. The quantitative estimate of drug-likeness (QED) is 0.432. The number of rotatable bonds is 0. The number of nitrogens with zero attached hydrogens (tertiary/aromatic N) is 1. The second kappa shape index (κ2) is 1.01. The molecule has 0 atom stereocenters. The topological polar surface area (TPSA) is 20.3 Å². The zero-order chi connectivity index (χ0) is 4.57. The minimum atomic E-state index is -0.0432. The van der Waals surface area contributed by atoms with Crippen LogP contribution in [0.25, 0.3) is 0 Å². The molecule has 0 aliphatic carbocycles. The van der Waals surface area contributed by atoms with Gasteiger partial charge in [-0.3, -0.25) is 9.10 Å². The smallest absolute Gasteiger partial charge is 0.261 e. The number of hydrogen-bond donors (Lipinski definition) is 1. The Balaban J connectivity index is 2.67. The molecule has 1 rings (SSSR count). The Morgan fingerprint density at radius 2 is 2.33 bits per heavy atom. The van der Waals surface area contributed by atoms with Gasteiger partial charge in [-0.25, -0.2) is 0 Å². The third-order valence-electron chi connectivity index (χ3n) is 0.584. The molecule has 0 aromatic rings. The van der Waals surface area contributed by atoms with E-state index >= 15 is 0 Å². The van der Waals surface area contributed by atoms with Gasteiger partial charge in [0.15, 0.2) is 0 Å². The molecule has 2 nitrogen and oxygen atoms in total. The second-order valence-electron chi connectivity index (χ2n) is 0.999. The molecule has 1 aliphatic heterocycles. The third kappa shape index (κ3) is 0.318. The lowest BCUT2D eigenvalue weighted by molar-refractivity contribution is -0.121. The van der Waals surface area contributed by atoms with Crippen LogP contribution in [0.3, 0.4) is 0 Å². The lowest BCUT2D eigenvalue weighted by Gasteiger charge is -2.12. The van der Waals surface area contributed by atoms with Gasteiger partial charge < -0.3 is 0 Å². The third-order valence-corrected chi connectivity index (χ3v) is 0.915. The van der Waals surface area contributed by atoms with Gasteiger partial charge >= 0.3 is 0 Å². The predicted octanol–water partition coefficient (Wildman–Crippen LogP) is 0.187. The van der Waals surface area contributed by atoms with Crippen LogP contribution in [0.2, 0.25) is 0 Å². The van der Waals surface area contributed by atoms with Crippen LogP contribution in [0, 0.1) is 0 Å². The zero-order valence-electron chi connectivity index (χ0n) is 2.96. The van der Waals surface area contributed by atoms with Crippen molar-refractivity contribution < 1.29 is 4.79 Å². The first kappa shape index (κ1) is 3.74. The molecule has 0 unspecified atom stereocenters. The fourth-order valence-corrected chi connectivity index (χ4v) is 0.335. The van der Waals surface area contributed by atoms with Gasteiger partial charge in [0, 0.05) is 12.3 Å². The van der Waals surface area contributed by atoms with E-state index in [0.717, 1.165) is 0 Å². The molecule has 0 fully saturated rings. The van der Waals surface area contributed by atoms with E-state index in [0.29, 0.717) is 0 Å². The first-order valence-electron chi connectivity index (χ1n) is 1.51. The monoisotopic (exact) mass is 101 g/mol. The Morgan fingerprint density at radius 3 is 2.33 bits per heavy atom. The molecule has 0 aromatic carbocycles. The van der Waals surface area contributed by atoms with Gasteiger partial charge in [-0.2, -0.15) is 0 Å². The summed E-state index contributed by atoms with van der Waals surface area (Å²) in [5, 5.41) is 0. The number of thiol groups is 1. The maximum atomic E-state index is 9.99. The van der Waals surface area contributed by atoms with E-state index in [1.165, 1.54) is 10.4 Å². The van der Waals surface area contributed by atoms with E-state index in [2.05, 4.69) is 12.8 Å². The van der Waals surface area contributed by atoms with Crippen molar-refractivity contribution in [2.45, 2.75) is 0 Å². The highest BCUT2D eigenvalue weighted by molar-refractivity contribution is 7.78. The first-order chi connectivity index (χ1) is 2.80. The highest BCUT2D eigenvalue weighted by atomic mass is 32.1. The van der Waals surface area contributed by atoms with Crippen molar-refractivity contribution in [1.82, 2.24) is 4.31 Å². The molecule has 0 N–H and O–H groups in total. The van der Waals surface area contributed by atoms with Gasteiger partial charge in [0.25, 0.3) is 5.91 Å². The van der Waals surface area contributed by atoms with Gasteiger partial charge in [-0.1, -0.05) is 12.8 Å². The lowest BCUT2D eigenvalue weighted by Crippen LogP contribution is -2.20. The molecular formula is C3H3NOS. The van der Waals surface area contributed by atoms with E-state index in [4.69, 9.17) is 0 Å². The van der Waals surface area contributed by atoms with E-state index in [1.54, 1.807) is 6.20 Å². The van der Waals surface area contributed by atoms with Gasteiger partial charge in [-0.05, 0) is 0 Å². The average Bonchev–Trinajstić information content (AvgIpc) is 1.61. The van der Waals surface area contributed by atoms with Crippen LogP contribution in [0.4, 0.5) is 0 Å². The summed E-state index contributed by atoms with van der Waals surface area (Å²) in [5.41, 5.74) is 0. The Morgan fingerprint density at radius 1 is 1.83 bits per heavy atom. The Bertz CT molecular complexity index is 109. The van der Waals surface area contributed by atoms with Crippen LogP contribution >= 0.6 is 12.8 Å². The van der Waals surface area contributed by atoms with Crippen molar-refractivity contribution in [2.24, 2.45) is 0 Å². The molecule has 0 saturated heterocycles. The molecular weight excluding hydrogens is 98.1 g/mol. The van der Waals surface area contributed by atoms with Crippen LogP contribution in [-0.2, 0) is 4.79 Å². The van der Waals surface area contributed by atoms with Crippen molar-refractivity contribution in [3.63, 3.8) is 0 Å². The summed E-state index contributed by atoms with van der Waals surface area (Å²) in [6, 6.07) is 0. The molecule has 3 heteroatoms. The van der Waals surface area contributed by atoms with Gasteiger partial charge in [-0.15, -0.1) is 0 Å². The normalized spacial score (nSPS) is 18.2. The largest absolute Gasteiger partial charge is 0.268 e. The van der Waals surface area contributed by atoms with Crippen LogP contribution in [-0.4, -0.2) is 10.2 Å². The Kier molecular flexibility index (Phi) is 0.630. The average molecular weight is 101 g/mol. The molecule has 0 spiro atoms. The number of carbonyl (C=O) groups is 1. The van der Waals surface area contributed by atoms with E-state index in [1.807, 2.05) is 0 Å². The maximum Gasteiger partial charge on any atom is 0.261 e. The molecule has 1 amide bonds. The van der Waals surface area contributed by atoms with Gasteiger partial charge in [0.05, 0.1) is 0 Å². The molecule has 1 heterocycles. The molecule has 1 aliphatic rings. The number of carbonyl (C=O) groups excluding carboxylic acids is 1. The van der Waals surface area contributed by atoms with E-state index in [-0.39, 0.29) is 5.91 Å². The van der Waals surface area contributed by atoms with Crippen molar-refractivity contribution >= 4 is 18.7 Å². The second-order valence-corrected chi connectivity index (χ2v) is 1.43. The van der Waals surface area contributed by atoms with Crippen molar-refractivity contribution in [2.75, 3.05) is 0 Å². The van der Waals surface area contributed by atoms with Crippen molar-refractivity contribution in [3.05, 3.63) is 12.3 Å². The van der Waals surface area contributed by atoms with E-state index in [9.17, 15) is 4.79 Å². The molecule has 6 heavy (non-hydrogen) atoms. The van der Waals surface area contributed by atoms with Crippen LogP contribution in [0.15, 0.2) is 12.3 Å². The first-order valence-corrected chi connectivity index (χ1v) is 1.91. The Labute approximate surface area is 41.0 Å². The zero-order valence-corrected chi connectivity index (χ0v) is 3.85. The predicted molar refractivity (Wildman–Crippen MR) is 25.0 cm³/mol. The summed E-state index contributed by atoms with van der Waals surface area (Å²) in [6.07, 6.45) is 3.04. The Hall–Kier alpha value is -0.440. The summed E-state index contributed by atoms with van der Waals surface area (Å²) < 4.78 is 1.22. The highest BCUT2D eigenvalue weighted by Gasteiger charge is 2.09. The lowest BCUT2D eigenvalue weighted by atomic mass is 10.4. The minimum Gasteiger partial charge on any atom is -0.268 e. The van der Waals surface area contributed by atoms with Crippen LogP contribution in [0.1, 0.15) is 0 Å². The fourth-order valence-electron chi connectivity index (χ4n) is 0.202. The summed E-state index contributed by atoms with van der Waals surface area (Å²) in [7, 11) is 0. The molecule has 0 radical (unpaired) electrons. The SMILES string of the molecule is O=C1C=CN1S. The van der Waals surface area contributed by atoms with Gasteiger partial charge in [0.2, 0.25) is 0 Å². The number of hydrogen-bond acceptors (Lipinski definition) is 2. The van der Waals surface area contributed by atoms with E-state index < -0.39 is 0 Å². The van der Waals surface area contributed by atoms with Gasteiger partial charge in [0.1, 0.15) is 0 Å². The minimum absolute atomic E-state index is 0.0432. The maximum absolute atomic E-state index is 9.99. The molecule has 0 saturated carbocycles. The van der Waals surface area contributed by atoms with Crippen LogP contribution < -0.4 is 0 Å². The highest BCUT2D eigenvalue weighted by Crippen LogP contribution is 2.04. The summed E-state index contributed by atoms with van der Waals surface area (Å²) >= 11 is 3.68. The standard InChI is InChI=1S/C3H3NOS/c5-3-1-2-4(3)6/h1-2,6H. The van der Waals surface area contributed by atoms with Crippen molar-refractivity contribution in [1.29, 1.82) is 0 Å². The summed E-state index contributed by atoms with van der Waals surface area (Å²) in [4.78, 5) is 9.99. The molecule has 0 bridgehead atoms. The summed E-state index contributed by atoms with van der Waals surface area (Å²) in [5.74, 6) is -0.0432. The molecule has 0 aromatic heterocycles. The van der Waals surface area contributed by atoms with Crippen molar-refractivity contribution in [3.8, 4) is 0 Å².